The summed E-state index contributed by atoms with van der Waals surface area (Å²) in [5, 5.41) is 0. The monoisotopic (exact) mass is 293 g/mol. The molecule has 1 radical (unpaired) electrons. The van der Waals surface area contributed by atoms with E-state index in [9.17, 15) is 8.42 Å². The van der Waals surface area contributed by atoms with Crippen LogP contribution in [0.25, 0.3) is 11.1 Å². The van der Waals surface area contributed by atoms with Crippen molar-refractivity contribution in [3.8, 4) is 11.1 Å². The van der Waals surface area contributed by atoms with Crippen molar-refractivity contribution in [2.24, 2.45) is 0 Å². The van der Waals surface area contributed by atoms with Crippen LogP contribution in [0.15, 0.2) is 88.7 Å². The van der Waals surface area contributed by atoms with Gasteiger partial charge in [-0.2, -0.15) is 0 Å². The summed E-state index contributed by atoms with van der Waals surface area (Å²) in [5.41, 5.74) is 2.02. The molecule has 0 heterocycles. The van der Waals surface area contributed by atoms with Gasteiger partial charge in [0, 0.05) is 0 Å². The molecular weight excluding hydrogens is 280 g/mol. The SMILES string of the molecule is O=S(=O)(c1ccccc1)c1ccc(-c2cc[c]cc2)cc1. The Hall–Kier alpha value is -2.39. The van der Waals surface area contributed by atoms with Gasteiger partial charge in [0.15, 0.2) is 0 Å². The van der Waals surface area contributed by atoms with Gasteiger partial charge in [-0.05, 0) is 41.5 Å². The Morgan fingerprint density at radius 2 is 1.14 bits per heavy atom. The first-order valence-electron chi connectivity index (χ1n) is 6.54. The number of hydrogen-bond acceptors (Lipinski definition) is 2. The largest absolute Gasteiger partial charge is 0.219 e. The first-order chi connectivity index (χ1) is 10.2. The van der Waals surface area contributed by atoms with Gasteiger partial charge < -0.3 is 0 Å². The van der Waals surface area contributed by atoms with Crippen LogP contribution in [-0.2, 0) is 9.84 Å². The molecule has 21 heavy (non-hydrogen) atoms. The van der Waals surface area contributed by atoms with Gasteiger partial charge >= 0.3 is 0 Å². The summed E-state index contributed by atoms with van der Waals surface area (Å²) in [6.07, 6.45) is 0. The molecule has 103 valence electrons. The highest BCUT2D eigenvalue weighted by molar-refractivity contribution is 7.91. The fraction of sp³-hybridized carbons (Fsp3) is 0. The molecule has 3 aromatic carbocycles. The molecule has 0 spiro atoms. The maximum absolute atomic E-state index is 12.5. The third-order valence-electron chi connectivity index (χ3n) is 3.27. The Balaban J connectivity index is 1.99. The molecule has 2 nitrogen and oxygen atoms in total. The lowest BCUT2D eigenvalue weighted by Crippen LogP contribution is -2.01. The molecule has 3 aromatic rings. The van der Waals surface area contributed by atoms with Crippen LogP contribution in [0, 0.1) is 6.07 Å². The van der Waals surface area contributed by atoms with Crippen LogP contribution in [0.5, 0.6) is 0 Å². The van der Waals surface area contributed by atoms with E-state index in [-0.39, 0.29) is 0 Å². The van der Waals surface area contributed by atoms with Gasteiger partial charge in [0.1, 0.15) is 0 Å². The Morgan fingerprint density at radius 1 is 0.619 bits per heavy atom. The third kappa shape index (κ3) is 2.73. The number of benzene rings is 3. The molecule has 0 amide bonds. The Kier molecular flexibility index (Phi) is 3.59. The maximum Gasteiger partial charge on any atom is 0.206 e. The second-order valence-electron chi connectivity index (χ2n) is 4.63. The average Bonchev–Trinajstić information content (AvgIpc) is 2.57. The normalized spacial score (nSPS) is 11.2. The Bertz CT molecular complexity index is 821. The minimum Gasteiger partial charge on any atom is -0.219 e. The van der Waals surface area contributed by atoms with Gasteiger partial charge in [-0.15, -0.1) is 0 Å². The summed E-state index contributed by atoms with van der Waals surface area (Å²) in [5.74, 6) is 0. The van der Waals surface area contributed by atoms with Crippen molar-refractivity contribution in [3.63, 3.8) is 0 Å². The summed E-state index contributed by atoms with van der Waals surface area (Å²) in [6, 6.07) is 25.9. The van der Waals surface area contributed by atoms with Gasteiger partial charge in [-0.25, -0.2) is 8.42 Å². The third-order valence-corrected chi connectivity index (χ3v) is 5.06. The van der Waals surface area contributed by atoms with Crippen molar-refractivity contribution in [2.45, 2.75) is 9.79 Å². The summed E-state index contributed by atoms with van der Waals surface area (Å²) >= 11 is 0. The Morgan fingerprint density at radius 3 is 1.76 bits per heavy atom. The zero-order chi connectivity index (χ0) is 14.7. The van der Waals surface area contributed by atoms with E-state index in [1.165, 1.54) is 0 Å². The van der Waals surface area contributed by atoms with Crippen LogP contribution >= 0.6 is 0 Å². The molecule has 0 atom stereocenters. The molecular formula is C18H13O2S. The molecule has 0 saturated carbocycles. The number of rotatable bonds is 3. The fourth-order valence-corrected chi connectivity index (χ4v) is 3.42. The summed E-state index contributed by atoms with van der Waals surface area (Å²) in [7, 11) is -3.44. The van der Waals surface area contributed by atoms with Gasteiger partial charge in [0.2, 0.25) is 9.84 Å². The summed E-state index contributed by atoms with van der Waals surface area (Å²) in [4.78, 5) is 0.618. The maximum atomic E-state index is 12.5. The van der Waals surface area contributed by atoms with Crippen LogP contribution in [0.1, 0.15) is 0 Å². The van der Waals surface area contributed by atoms with Crippen molar-refractivity contribution in [1.82, 2.24) is 0 Å². The van der Waals surface area contributed by atoms with Crippen molar-refractivity contribution >= 4 is 9.84 Å². The van der Waals surface area contributed by atoms with E-state index in [2.05, 4.69) is 6.07 Å². The van der Waals surface area contributed by atoms with E-state index in [1.54, 1.807) is 42.5 Å². The van der Waals surface area contributed by atoms with Crippen molar-refractivity contribution < 1.29 is 8.42 Å². The molecule has 3 heteroatoms. The molecule has 0 aliphatic heterocycles. The molecule has 3 rings (SSSR count). The molecule has 0 N–H and O–H groups in total. The van der Waals surface area contributed by atoms with E-state index < -0.39 is 9.84 Å². The van der Waals surface area contributed by atoms with Crippen molar-refractivity contribution in [2.75, 3.05) is 0 Å². The van der Waals surface area contributed by atoms with Crippen LogP contribution in [-0.4, -0.2) is 8.42 Å². The lowest BCUT2D eigenvalue weighted by Gasteiger charge is -2.06. The minimum atomic E-state index is -3.44. The zero-order valence-electron chi connectivity index (χ0n) is 11.2. The van der Waals surface area contributed by atoms with E-state index in [4.69, 9.17) is 0 Å². The topological polar surface area (TPSA) is 34.1 Å². The van der Waals surface area contributed by atoms with E-state index in [1.807, 2.05) is 36.4 Å². The smallest absolute Gasteiger partial charge is 0.206 e. The van der Waals surface area contributed by atoms with Crippen molar-refractivity contribution in [3.05, 3.63) is 84.9 Å². The highest BCUT2D eigenvalue weighted by Crippen LogP contribution is 2.24. The highest BCUT2D eigenvalue weighted by atomic mass is 32.2. The van der Waals surface area contributed by atoms with Crippen LogP contribution in [0.4, 0.5) is 0 Å². The number of hydrogen-bond donors (Lipinski definition) is 0. The molecule has 0 aromatic heterocycles. The zero-order valence-corrected chi connectivity index (χ0v) is 12.0. The standard InChI is InChI=1S/C18H13O2S/c19-21(20,17-9-5-2-6-10-17)18-13-11-16(12-14-18)15-7-3-1-4-8-15/h2-14H. The molecule has 0 unspecified atom stereocenters. The van der Waals surface area contributed by atoms with E-state index in [0.717, 1.165) is 11.1 Å². The highest BCUT2D eigenvalue weighted by Gasteiger charge is 2.16. The van der Waals surface area contributed by atoms with Crippen LogP contribution < -0.4 is 0 Å². The first-order valence-corrected chi connectivity index (χ1v) is 8.03. The average molecular weight is 293 g/mol. The van der Waals surface area contributed by atoms with Gasteiger partial charge in [0.05, 0.1) is 9.79 Å². The molecule has 0 aliphatic rings. The second-order valence-corrected chi connectivity index (χ2v) is 6.58. The fourth-order valence-electron chi connectivity index (χ4n) is 2.14. The minimum absolute atomic E-state index is 0.306. The second kappa shape index (κ2) is 5.54. The quantitative estimate of drug-likeness (QED) is 0.732. The molecule has 0 saturated heterocycles. The van der Waals surface area contributed by atoms with Crippen molar-refractivity contribution in [1.29, 1.82) is 0 Å². The number of sulfone groups is 1. The summed E-state index contributed by atoms with van der Waals surface area (Å²) < 4.78 is 25.0. The van der Waals surface area contributed by atoms with Crippen LogP contribution in [0.3, 0.4) is 0 Å². The molecule has 0 fully saturated rings. The van der Waals surface area contributed by atoms with E-state index in [0.29, 0.717) is 9.79 Å². The lowest BCUT2D eigenvalue weighted by atomic mass is 10.1. The molecule has 0 bridgehead atoms. The lowest BCUT2D eigenvalue weighted by molar-refractivity contribution is 0.596. The molecule has 0 aliphatic carbocycles. The predicted octanol–water partition coefficient (Wildman–Crippen LogP) is 3.99. The van der Waals surface area contributed by atoms with Gasteiger partial charge in [-0.1, -0.05) is 54.6 Å². The first kappa shape index (κ1) is 13.6. The summed E-state index contributed by atoms with van der Waals surface area (Å²) in [6.45, 7) is 0. The Labute approximate surface area is 124 Å². The van der Waals surface area contributed by atoms with Crippen LogP contribution in [0.2, 0.25) is 0 Å². The van der Waals surface area contributed by atoms with Gasteiger partial charge in [0.25, 0.3) is 0 Å². The van der Waals surface area contributed by atoms with Gasteiger partial charge in [-0.3, -0.25) is 0 Å². The van der Waals surface area contributed by atoms with E-state index >= 15 is 0 Å². The predicted molar refractivity (Wildman–Crippen MR) is 82.6 cm³/mol.